The van der Waals surface area contributed by atoms with Gasteiger partial charge in [-0.05, 0) is 36.5 Å². The van der Waals surface area contributed by atoms with E-state index < -0.39 is 12.2 Å². The quantitative estimate of drug-likeness (QED) is 0.315. The third-order valence-electron chi connectivity index (χ3n) is 4.08. The number of anilines is 1. The predicted octanol–water partition coefficient (Wildman–Crippen LogP) is 1.94. The SMILES string of the molecule is Nc1nc(F)nc2c1ncn2CCCCOC(=O)NCc1ccc(C#CO)cc1. The Labute approximate surface area is 165 Å². The van der Waals surface area contributed by atoms with E-state index in [1.54, 1.807) is 28.8 Å². The molecule has 0 radical (unpaired) electrons. The lowest BCUT2D eigenvalue weighted by Crippen LogP contribution is -2.24. The third kappa shape index (κ3) is 5.32. The minimum atomic E-state index is -0.896. The maximum absolute atomic E-state index is 13.3. The summed E-state index contributed by atoms with van der Waals surface area (Å²) in [6, 6.07) is 7.09. The Balaban J connectivity index is 1.37. The second-order valence-electron chi connectivity index (χ2n) is 6.12. The number of carbonyl (C=O) groups excluding carboxylic acids is 1. The van der Waals surface area contributed by atoms with Crippen molar-refractivity contribution in [2.24, 2.45) is 0 Å². The number of fused-ring (bicyclic) bond motifs is 1. The number of aliphatic hydroxyl groups excluding tert-OH is 1. The van der Waals surface area contributed by atoms with Gasteiger partial charge in [0, 0.05) is 18.7 Å². The highest BCUT2D eigenvalue weighted by molar-refractivity contribution is 5.81. The normalized spacial score (nSPS) is 10.4. The smallest absolute Gasteiger partial charge is 0.407 e. The summed E-state index contributed by atoms with van der Waals surface area (Å²) in [5, 5.41) is 11.2. The average Bonchev–Trinajstić information content (AvgIpc) is 3.10. The Morgan fingerprint density at radius 2 is 2.07 bits per heavy atom. The van der Waals surface area contributed by atoms with Crippen LogP contribution in [0.4, 0.5) is 15.0 Å². The number of hydrogen-bond acceptors (Lipinski definition) is 7. The number of nitrogen functional groups attached to an aromatic ring is 1. The molecular formula is C19H19FN6O3. The Hall–Kier alpha value is -3.87. The molecule has 9 nitrogen and oxygen atoms in total. The molecule has 3 aromatic rings. The number of amides is 1. The van der Waals surface area contributed by atoms with Gasteiger partial charge in [-0.25, -0.2) is 9.78 Å². The van der Waals surface area contributed by atoms with Crippen LogP contribution in [-0.2, 0) is 17.8 Å². The molecule has 0 aliphatic rings. The molecule has 0 atom stereocenters. The lowest BCUT2D eigenvalue weighted by Gasteiger charge is -2.08. The van der Waals surface area contributed by atoms with Gasteiger partial charge in [0.25, 0.3) is 0 Å². The molecule has 150 valence electrons. The van der Waals surface area contributed by atoms with E-state index in [0.717, 1.165) is 5.56 Å². The molecule has 0 saturated heterocycles. The molecule has 0 aliphatic heterocycles. The van der Waals surface area contributed by atoms with Crippen LogP contribution in [0.25, 0.3) is 11.2 Å². The van der Waals surface area contributed by atoms with Crippen LogP contribution in [0.1, 0.15) is 24.0 Å². The Morgan fingerprint density at radius 1 is 1.28 bits per heavy atom. The van der Waals surface area contributed by atoms with Gasteiger partial charge in [-0.15, -0.1) is 0 Å². The van der Waals surface area contributed by atoms with Crippen molar-refractivity contribution < 1.29 is 19.0 Å². The largest absolute Gasteiger partial charge is 0.462 e. The van der Waals surface area contributed by atoms with Crippen molar-refractivity contribution >= 4 is 23.1 Å². The minimum absolute atomic E-state index is 0.00206. The zero-order chi connectivity index (χ0) is 20.6. The number of nitrogens with zero attached hydrogens (tertiary/aromatic N) is 4. The number of aryl methyl sites for hydroxylation is 1. The van der Waals surface area contributed by atoms with Gasteiger partial charge in [0.2, 0.25) is 0 Å². The molecule has 2 heterocycles. The first-order chi connectivity index (χ1) is 14.1. The van der Waals surface area contributed by atoms with Crippen LogP contribution in [-0.4, -0.2) is 37.3 Å². The van der Waals surface area contributed by atoms with E-state index in [0.29, 0.717) is 42.7 Å². The number of ether oxygens (including phenoxy) is 1. The van der Waals surface area contributed by atoms with Gasteiger partial charge in [-0.1, -0.05) is 12.1 Å². The minimum Gasteiger partial charge on any atom is -0.462 e. The lowest BCUT2D eigenvalue weighted by molar-refractivity contribution is 0.143. The molecule has 10 heteroatoms. The molecule has 29 heavy (non-hydrogen) atoms. The zero-order valence-electron chi connectivity index (χ0n) is 15.4. The summed E-state index contributed by atoms with van der Waals surface area (Å²) in [7, 11) is 0. The molecule has 4 N–H and O–H groups in total. The van der Waals surface area contributed by atoms with Gasteiger partial charge in [-0.2, -0.15) is 14.4 Å². The number of halogens is 1. The number of unbranched alkanes of at least 4 members (excludes halogenated alkanes) is 1. The number of rotatable bonds is 7. The molecule has 0 aliphatic carbocycles. The summed E-state index contributed by atoms with van der Waals surface area (Å²) in [5.74, 6) is 2.52. The summed E-state index contributed by atoms with van der Waals surface area (Å²) in [4.78, 5) is 23.0. The predicted molar refractivity (Wildman–Crippen MR) is 102 cm³/mol. The number of carbonyl (C=O) groups is 1. The molecule has 0 bridgehead atoms. The topological polar surface area (TPSA) is 128 Å². The second-order valence-corrected chi connectivity index (χ2v) is 6.12. The number of alkyl carbamates (subject to hydrolysis) is 1. The fourth-order valence-corrected chi connectivity index (χ4v) is 2.65. The standard InChI is InChI=1S/C19H19FN6O3/c20-18-24-16(21)15-17(25-18)26(12-23-15)8-1-2-10-29-19(28)22-11-14-5-3-13(4-6-14)7-9-27/h3-6,12,27H,1-2,8,10-11H2,(H,22,28)(H2,21,24,25). The lowest BCUT2D eigenvalue weighted by atomic mass is 10.1. The maximum Gasteiger partial charge on any atom is 0.407 e. The molecular weight excluding hydrogens is 379 g/mol. The van der Waals surface area contributed by atoms with E-state index in [2.05, 4.69) is 26.2 Å². The Kier molecular flexibility index (Phi) is 6.42. The first kappa shape index (κ1) is 19.9. The number of aromatic nitrogens is 4. The number of aliphatic hydroxyl groups is 1. The average molecular weight is 398 g/mol. The van der Waals surface area contributed by atoms with Crippen molar-refractivity contribution in [1.29, 1.82) is 0 Å². The molecule has 1 amide bonds. The Bertz CT molecular complexity index is 1060. The van der Waals surface area contributed by atoms with E-state index in [4.69, 9.17) is 15.6 Å². The monoisotopic (exact) mass is 398 g/mol. The fourth-order valence-electron chi connectivity index (χ4n) is 2.65. The van der Waals surface area contributed by atoms with E-state index in [1.165, 1.54) is 6.33 Å². The van der Waals surface area contributed by atoms with Crippen LogP contribution in [0.15, 0.2) is 30.6 Å². The first-order valence-corrected chi connectivity index (χ1v) is 8.85. The van der Waals surface area contributed by atoms with E-state index in [-0.39, 0.29) is 12.4 Å². The van der Waals surface area contributed by atoms with Crippen molar-refractivity contribution in [2.75, 3.05) is 12.3 Å². The maximum atomic E-state index is 13.3. The van der Waals surface area contributed by atoms with E-state index in [1.807, 2.05) is 6.11 Å². The van der Waals surface area contributed by atoms with Gasteiger partial charge in [-0.3, -0.25) is 0 Å². The summed E-state index contributed by atoms with van der Waals surface area (Å²) in [6.45, 7) is 1.09. The van der Waals surface area contributed by atoms with E-state index in [9.17, 15) is 9.18 Å². The second kappa shape index (κ2) is 9.36. The van der Waals surface area contributed by atoms with E-state index >= 15 is 0 Å². The van der Waals surface area contributed by atoms with Crippen LogP contribution in [0, 0.1) is 18.1 Å². The van der Waals surface area contributed by atoms with Gasteiger partial charge in [0.1, 0.15) is 11.6 Å². The number of nitrogens with one attached hydrogen (secondary N) is 1. The van der Waals surface area contributed by atoms with Crippen LogP contribution < -0.4 is 11.1 Å². The van der Waals surface area contributed by atoms with Gasteiger partial charge in [0.15, 0.2) is 11.5 Å². The fraction of sp³-hybridized carbons (Fsp3) is 0.263. The van der Waals surface area contributed by atoms with Crippen LogP contribution in [0.5, 0.6) is 0 Å². The molecule has 0 saturated carbocycles. The van der Waals surface area contributed by atoms with Gasteiger partial charge >= 0.3 is 12.2 Å². The summed E-state index contributed by atoms with van der Waals surface area (Å²) < 4.78 is 20.1. The zero-order valence-corrected chi connectivity index (χ0v) is 15.4. The third-order valence-corrected chi connectivity index (χ3v) is 4.08. The number of nitrogens with two attached hydrogens (primary N) is 1. The van der Waals surface area contributed by atoms with Crippen LogP contribution in [0.3, 0.4) is 0 Å². The van der Waals surface area contributed by atoms with Crippen molar-refractivity contribution in [3.63, 3.8) is 0 Å². The highest BCUT2D eigenvalue weighted by Gasteiger charge is 2.11. The number of imidazole rings is 1. The van der Waals surface area contributed by atoms with Crippen molar-refractivity contribution in [3.8, 4) is 12.0 Å². The van der Waals surface area contributed by atoms with Crippen LogP contribution in [0.2, 0.25) is 0 Å². The molecule has 1 aromatic carbocycles. The molecule has 0 unspecified atom stereocenters. The van der Waals surface area contributed by atoms with Gasteiger partial charge in [0.05, 0.1) is 12.9 Å². The summed E-state index contributed by atoms with van der Waals surface area (Å²) in [5.41, 5.74) is 7.88. The highest BCUT2D eigenvalue weighted by Crippen LogP contribution is 2.16. The number of benzene rings is 1. The molecule has 0 fully saturated rings. The van der Waals surface area contributed by atoms with Crippen molar-refractivity contribution in [3.05, 3.63) is 47.8 Å². The van der Waals surface area contributed by atoms with Crippen LogP contribution >= 0.6 is 0 Å². The first-order valence-electron chi connectivity index (χ1n) is 8.85. The molecule has 3 rings (SSSR count). The summed E-state index contributed by atoms with van der Waals surface area (Å²) in [6.07, 6.45) is 3.25. The summed E-state index contributed by atoms with van der Waals surface area (Å²) >= 11 is 0. The highest BCUT2D eigenvalue weighted by atomic mass is 19.1. The Morgan fingerprint density at radius 3 is 2.83 bits per heavy atom. The number of hydrogen-bond donors (Lipinski definition) is 3. The van der Waals surface area contributed by atoms with Gasteiger partial charge < -0.3 is 25.5 Å². The van der Waals surface area contributed by atoms with Crippen molar-refractivity contribution in [2.45, 2.75) is 25.9 Å². The van der Waals surface area contributed by atoms with Crippen molar-refractivity contribution in [1.82, 2.24) is 24.8 Å². The molecule has 0 spiro atoms. The molecule has 2 aromatic heterocycles.